The molecule has 6 aromatic carbocycles. The summed E-state index contributed by atoms with van der Waals surface area (Å²) in [6.07, 6.45) is 0. The number of anilines is 4. The quantitative estimate of drug-likeness (QED) is 0.126. The second-order valence-corrected chi connectivity index (χ2v) is 20.5. The Hall–Kier alpha value is -9.18. The molecule has 340 valence electrons. The monoisotopic (exact) mass is 932 g/mol. The third-order valence-corrected chi connectivity index (χ3v) is 17.7. The van der Waals surface area contributed by atoms with Crippen LogP contribution in [0, 0.1) is 0 Å². The smallest absolute Gasteiger partial charge is 0.302 e. The van der Waals surface area contributed by atoms with E-state index in [0.717, 1.165) is 102 Å². The van der Waals surface area contributed by atoms with E-state index in [0.29, 0.717) is 0 Å². The van der Waals surface area contributed by atoms with Crippen molar-refractivity contribution in [3.05, 3.63) is 277 Å². The molecule has 4 aromatic heterocycles. The van der Waals surface area contributed by atoms with Gasteiger partial charge in [-0.15, -0.1) is 0 Å². The molecule has 12 rings (SSSR count). The van der Waals surface area contributed by atoms with Crippen molar-refractivity contribution in [1.82, 2.24) is 19.9 Å². The van der Waals surface area contributed by atoms with Gasteiger partial charge in [-0.05, 0) is 73.5 Å². The molecule has 0 atom stereocenters. The highest BCUT2D eigenvalue weighted by Gasteiger charge is 2.71. The molecular formula is C62H48N8Si. The van der Waals surface area contributed by atoms with E-state index < -0.39 is 8.72 Å². The summed E-state index contributed by atoms with van der Waals surface area (Å²) < 4.78 is 10.1. The molecule has 0 aliphatic carbocycles. The maximum atomic E-state index is 5.72. The zero-order valence-electron chi connectivity index (χ0n) is 39.3. The van der Waals surface area contributed by atoms with E-state index in [2.05, 4.69) is 263 Å². The van der Waals surface area contributed by atoms with Crippen LogP contribution >= 0.6 is 0 Å². The van der Waals surface area contributed by atoms with Gasteiger partial charge in [0.15, 0.2) is 0 Å². The second kappa shape index (κ2) is 18.4. The Kier molecular flexibility index (Phi) is 11.2. The Morgan fingerprint density at radius 3 is 0.718 bits per heavy atom. The van der Waals surface area contributed by atoms with Crippen LogP contribution in [0.25, 0.3) is 56.4 Å². The lowest BCUT2D eigenvalue weighted by Gasteiger charge is -2.49. The van der Waals surface area contributed by atoms with E-state index in [1.807, 2.05) is 24.3 Å². The van der Waals surface area contributed by atoms with Gasteiger partial charge in [0.05, 0.1) is 34.2 Å². The third-order valence-electron chi connectivity index (χ3n) is 13.2. The summed E-state index contributed by atoms with van der Waals surface area (Å²) in [6.45, 7) is 4.48. The Morgan fingerprint density at radius 1 is 0.239 bits per heavy atom. The second-order valence-electron chi connectivity index (χ2n) is 17.5. The van der Waals surface area contributed by atoms with Crippen molar-refractivity contribution < 1.29 is 0 Å². The fourth-order valence-electron chi connectivity index (χ4n) is 10.2. The van der Waals surface area contributed by atoms with Crippen LogP contribution in [0.1, 0.15) is 25.0 Å². The van der Waals surface area contributed by atoms with E-state index in [1.54, 1.807) is 0 Å². The lowest BCUT2D eigenvalue weighted by Crippen LogP contribution is -2.78. The first-order valence-corrected chi connectivity index (χ1v) is 25.7. The van der Waals surface area contributed by atoms with Gasteiger partial charge >= 0.3 is 8.72 Å². The predicted molar refractivity (Wildman–Crippen MR) is 292 cm³/mol. The molecule has 1 spiro atoms. The highest BCUT2D eigenvalue weighted by molar-refractivity contribution is 6.98. The highest BCUT2D eigenvalue weighted by Crippen LogP contribution is 2.56. The fourth-order valence-corrected chi connectivity index (χ4v) is 15.4. The summed E-state index contributed by atoms with van der Waals surface area (Å²) in [6, 6.07) is 88.7. The third kappa shape index (κ3) is 7.56. The molecule has 2 aliphatic heterocycles. The average Bonchev–Trinajstić information content (AvgIpc) is 3.88. The number of rotatable bonds is 10. The van der Waals surface area contributed by atoms with Crippen molar-refractivity contribution in [1.29, 1.82) is 0 Å². The molecule has 0 saturated heterocycles. The minimum atomic E-state index is -4.13. The fraction of sp³-hybridized carbons (Fsp3) is 0.0323. The van der Waals surface area contributed by atoms with E-state index in [1.165, 1.54) is 0 Å². The topological polar surface area (TPSA) is 64.5 Å². The van der Waals surface area contributed by atoms with Crippen LogP contribution in [0.2, 0.25) is 0 Å². The van der Waals surface area contributed by atoms with Crippen LogP contribution in [0.5, 0.6) is 0 Å². The van der Waals surface area contributed by atoms with Crippen molar-refractivity contribution in [2.75, 3.05) is 18.3 Å². The number of benzene rings is 6. The zero-order chi connectivity index (χ0) is 47.7. The first-order valence-electron chi connectivity index (χ1n) is 23.9. The number of nitrogens with zero attached hydrogens (tertiary/aromatic N) is 8. The van der Waals surface area contributed by atoms with Gasteiger partial charge in [-0.2, -0.15) is 0 Å². The SMILES string of the molecule is CC1=C(c2ccccc2)N(c2cccc(-c3ccccc3)n2)[Si]2(N1c1cccc(-c3ccccc3)n1)N(c1cccc(-c3ccccc3)n1)C(C)=C(c1ccccc1)N2c1cccc(-c2ccccc2)n1. The molecule has 0 unspecified atom stereocenters. The first kappa shape index (κ1) is 43.1. The van der Waals surface area contributed by atoms with E-state index in [-0.39, 0.29) is 0 Å². The minimum absolute atomic E-state index is 0.772. The molecule has 0 fully saturated rings. The van der Waals surface area contributed by atoms with Gasteiger partial charge < -0.3 is 9.13 Å². The van der Waals surface area contributed by atoms with Gasteiger partial charge in [0.1, 0.15) is 23.3 Å². The summed E-state index contributed by atoms with van der Waals surface area (Å²) in [4.78, 5) is 22.8. The molecule has 9 heteroatoms. The molecule has 10 aromatic rings. The van der Waals surface area contributed by atoms with Crippen molar-refractivity contribution in [3.8, 4) is 45.0 Å². The standard InChI is InChI=1S/C62H48N8Si/c1-45-61(51-33-17-7-18-34-51)69(59-43-23-39-55(65-59)49-29-13-5-14-30-49)71(67(45)57-41-21-37-53(63-57)47-25-9-3-10-26-47)68(58-42-22-38-54(64-58)48-27-11-4-12-28-48)46(2)62(52-35-19-8-20-36-52)70(71)60-44-24-40-56(66-60)50-31-15-6-16-32-50/h3-44H,1-2H3. The lowest BCUT2D eigenvalue weighted by atomic mass is 10.1. The summed E-state index contributed by atoms with van der Waals surface area (Å²) >= 11 is 0. The highest BCUT2D eigenvalue weighted by atomic mass is 28.4. The minimum Gasteiger partial charge on any atom is -0.302 e. The Morgan fingerprint density at radius 2 is 0.465 bits per heavy atom. The largest absolute Gasteiger partial charge is 0.526 e. The van der Waals surface area contributed by atoms with Crippen molar-refractivity contribution >= 4 is 43.4 Å². The molecule has 0 N–H and O–H groups in total. The number of allylic oxidation sites excluding steroid dienone is 2. The molecule has 0 amide bonds. The molecule has 8 nitrogen and oxygen atoms in total. The van der Waals surface area contributed by atoms with Crippen LogP contribution in [0.4, 0.5) is 23.3 Å². The Bertz CT molecular complexity index is 3340. The number of aromatic nitrogens is 4. The van der Waals surface area contributed by atoms with Crippen molar-refractivity contribution in [2.45, 2.75) is 13.8 Å². The number of hydrogen-bond donors (Lipinski definition) is 0. The first-order chi connectivity index (χ1) is 35.1. The van der Waals surface area contributed by atoms with Crippen molar-refractivity contribution in [3.63, 3.8) is 0 Å². The Balaban J connectivity index is 1.25. The molecule has 71 heavy (non-hydrogen) atoms. The van der Waals surface area contributed by atoms with Gasteiger partial charge in [0.2, 0.25) is 0 Å². The number of pyridine rings is 4. The normalized spacial score (nSPS) is 14.2. The summed E-state index contributed by atoms with van der Waals surface area (Å²) in [7, 11) is -4.13. The van der Waals surface area contributed by atoms with Gasteiger partial charge in [0, 0.05) is 33.6 Å². The summed E-state index contributed by atoms with van der Waals surface area (Å²) in [5.41, 5.74) is 13.6. The summed E-state index contributed by atoms with van der Waals surface area (Å²) in [5.74, 6) is 3.10. The van der Waals surface area contributed by atoms with E-state index in [9.17, 15) is 0 Å². The summed E-state index contributed by atoms with van der Waals surface area (Å²) in [5, 5.41) is 0. The van der Waals surface area contributed by atoms with Gasteiger partial charge in [-0.25, -0.2) is 19.9 Å². The molecule has 0 radical (unpaired) electrons. The maximum Gasteiger partial charge on any atom is 0.526 e. The molecule has 0 bridgehead atoms. The van der Waals surface area contributed by atoms with Crippen LogP contribution in [0.15, 0.2) is 266 Å². The van der Waals surface area contributed by atoms with Crippen LogP contribution in [0.3, 0.4) is 0 Å². The van der Waals surface area contributed by atoms with E-state index in [4.69, 9.17) is 19.9 Å². The molecule has 0 saturated carbocycles. The molecule has 6 heterocycles. The van der Waals surface area contributed by atoms with Crippen LogP contribution < -0.4 is 18.3 Å². The van der Waals surface area contributed by atoms with Crippen LogP contribution in [-0.4, -0.2) is 28.7 Å². The zero-order valence-corrected chi connectivity index (χ0v) is 40.3. The lowest BCUT2D eigenvalue weighted by molar-refractivity contribution is 1.05. The predicted octanol–water partition coefficient (Wildman–Crippen LogP) is 14.5. The van der Waals surface area contributed by atoms with Gasteiger partial charge in [-0.1, -0.05) is 206 Å². The Labute approximate surface area is 415 Å². The maximum absolute atomic E-state index is 5.72. The van der Waals surface area contributed by atoms with Gasteiger partial charge in [-0.3, -0.25) is 9.13 Å². The average molecular weight is 933 g/mol. The molecular weight excluding hydrogens is 885 g/mol. The van der Waals surface area contributed by atoms with Gasteiger partial charge in [0.25, 0.3) is 0 Å². The number of hydrogen-bond acceptors (Lipinski definition) is 8. The van der Waals surface area contributed by atoms with Crippen LogP contribution in [-0.2, 0) is 0 Å². The van der Waals surface area contributed by atoms with Crippen molar-refractivity contribution in [2.24, 2.45) is 0 Å². The van der Waals surface area contributed by atoms with E-state index >= 15 is 0 Å². The molecule has 2 aliphatic rings.